The van der Waals surface area contributed by atoms with Crippen LogP contribution in [0, 0.1) is 6.92 Å². The molecule has 32 heavy (non-hydrogen) atoms. The first kappa shape index (κ1) is 22.2. The molecular formula is C28H30N2OS. The lowest BCUT2D eigenvalue weighted by Gasteiger charge is -2.15. The molecule has 3 aromatic carbocycles. The minimum absolute atomic E-state index is 0.0433. The van der Waals surface area contributed by atoms with Crippen molar-refractivity contribution >= 4 is 28.6 Å². The normalized spacial score (nSPS) is 11.3. The Balaban J connectivity index is 1.55. The topological polar surface area (TPSA) is 34.0 Å². The van der Waals surface area contributed by atoms with Crippen LogP contribution in [-0.2, 0) is 13.0 Å². The molecule has 0 aliphatic carbocycles. The first-order valence-electron chi connectivity index (χ1n) is 11.0. The zero-order chi connectivity index (χ0) is 22.7. The predicted molar refractivity (Wildman–Crippen MR) is 136 cm³/mol. The van der Waals surface area contributed by atoms with Gasteiger partial charge in [0, 0.05) is 46.1 Å². The molecule has 0 radical (unpaired) electrons. The summed E-state index contributed by atoms with van der Waals surface area (Å²) in [7, 11) is 0. The number of fused-ring (bicyclic) bond motifs is 1. The van der Waals surface area contributed by atoms with Gasteiger partial charge in [-0.15, -0.1) is 11.8 Å². The van der Waals surface area contributed by atoms with Crippen molar-refractivity contribution in [3.8, 4) is 0 Å². The third-order valence-electron chi connectivity index (χ3n) is 5.82. The Morgan fingerprint density at radius 3 is 2.28 bits per heavy atom. The number of aromatic nitrogens is 1. The van der Waals surface area contributed by atoms with Gasteiger partial charge in [-0.2, -0.15) is 0 Å². The average Bonchev–Trinajstić information content (AvgIpc) is 3.16. The second-order valence-electron chi connectivity index (χ2n) is 8.57. The number of nitrogens with one attached hydrogen (secondary N) is 1. The number of thioether (sulfide) groups is 1. The summed E-state index contributed by atoms with van der Waals surface area (Å²) in [5.74, 6) is -0.0433. The van der Waals surface area contributed by atoms with Crippen molar-refractivity contribution in [1.29, 1.82) is 0 Å². The number of carbonyl (C=O) groups excluding carboxylic acids is 1. The summed E-state index contributed by atoms with van der Waals surface area (Å²) in [6, 6.07) is 25.6. The molecule has 0 atom stereocenters. The minimum atomic E-state index is -0.0433. The zero-order valence-electron chi connectivity index (χ0n) is 19.2. The molecule has 1 amide bonds. The monoisotopic (exact) mass is 442 g/mol. The van der Waals surface area contributed by atoms with E-state index in [1.165, 1.54) is 27.2 Å². The fourth-order valence-corrected chi connectivity index (χ4v) is 4.53. The molecule has 0 saturated heterocycles. The number of benzene rings is 3. The van der Waals surface area contributed by atoms with Crippen LogP contribution in [0.3, 0.4) is 0 Å². The molecule has 0 unspecified atom stereocenters. The van der Waals surface area contributed by atoms with Crippen molar-refractivity contribution in [2.45, 2.75) is 44.7 Å². The van der Waals surface area contributed by atoms with Gasteiger partial charge in [-0.05, 0) is 74.6 Å². The van der Waals surface area contributed by atoms with Gasteiger partial charge in [0.25, 0.3) is 5.91 Å². The molecule has 0 spiro atoms. The SMILES string of the molecule is CSc1ccc(CNC(=O)c2ccc3c(c2)cc(Cc2ccc(C)cc2)n3C(C)C)cc1. The molecule has 1 N–H and O–H groups in total. The molecule has 4 heteroatoms. The molecule has 164 valence electrons. The van der Waals surface area contributed by atoms with Gasteiger partial charge >= 0.3 is 0 Å². The van der Waals surface area contributed by atoms with Crippen LogP contribution in [-0.4, -0.2) is 16.7 Å². The van der Waals surface area contributed by atoms with E-state index in [1.807, 2.05) is 12.1 Å². The van der Waals surface area contributed by atoms with Crippen LogP contribution in [0.2, 0.25) is 0 Å². The molecule has 0 saturated carbocycles. The Morgan fingerprint density at radius 2 is 1.62 bits per heavy atom. The van der Waals surface area contributed by atoms with E-state index < -0.39 is 0 Å². The Hall–Kier alpha value is -2.98. The van der Waals surface area contributed by atoms with E-state index in [-0.39, 0.29) is 5.91 Å². The lowest BCUT2D eigenvalue weighted by molar-refractivity contribution is 0.0951. The predicted octanol–water partition coefficient (Wildman–Crippen LogP) is 6.77. The molecular weight excluding hydrogens is 412 g/mol. The van der Waals surface area contributed by atoms with Gasteiger partial charge < -0.3 is 9.88 Å². The van der Waals surface area contributed by atoms with E-state index in [0.717, 1.165) is 17.4 Å². The first-order chi connectivity index (χ1) is 15.4. The Bertz CT molecular complexity index is 1220. The minimum Gasteiger partial charge on any atom is -0.348 e. The number of nitrogens with zero attached hydrogens (tertiary/aromatic N) is 1. The highest BCUT2D eigenvalue weighted by Gasteiger charge is 2.14. The average molecular weight is 443 g/mol. The van der Waals surface area contributed by atoms with Crippen LogP contribution in [0.4, 0.5) is 0 Å². The van der Waals surface area contributed by atoms with Crippen LogP contribution in [0.5, 0.6) is 0 Å². The van der Waals surface area contributed by atoms with Crippen molar-refractivity contribution in [1.82, 2.24) is 9.88 Å². The fourth-order valence-electron chi connectivity index (χ4n) is 4.12. The van der Waals surface area contributed by atoms with E-state index in [2.05, 4.69) is 97.6 Å². The van der Waals surface area contributed by atoms with Gasteiger partial charge in [0.05, 0.1) is 0 Å². The highest BCUT2D eigenvalue weighted by molar-refractivity contribution is 7.98. The number of amides is 1. The molecule has 1 heterocycles. The lowest BCUT2D eigenvalue weighted by atomic mass is 10.1. The summed E-state index contributed by atoms with van der Waals surface area (Å²) in [4.78, 5) is 14.0. The van der Waals surface area contributed by atoms with Crippen LogP contribution in [0.1, 0.15) is 52.6 Å². The number of hydrogen-bond donors (Lipinski definition) is 1. The van der Waals surface area contributed by atoms with Crippen LogP contribution >= 0.6 is 11.8 Å². The van der Waals surface area contributed by atoms with E-state index in [9.17, 15) is 4.79 Å². The zero-order valence-corrected chi connectivity index (χ0v) is 20.0. The molecule has 0 bridgehead atoms. The number of rotatable bonds is 7. The standard InChI is InChI=1S/C28H30N2OS/c1-19(2)30-25(15-21-7-5-20(3)6-8-21)17-24-16-23(11-14-27(24)30)28(31)29-18-22-9-12-26(32-4)13-10-22/h5-14,16-17,19H,15,18H2,1-4H3,(H,29,31). The Kier molecular flexibility index (Phi) is 6.71. The first-order valence-corrected chi connectivity index (χ1v) is 12.3. The summed E-state index contributed by atoms with van der Waals surface area (Å²) in [5.41, 5.74) is 6.81. The molecule has 0 fully saturated rings. The summed E-state index contributed by atoms with van der Waals surface area (Å²) in [6.07, 6.45) is 2.94. The van der Waals surface area contributed by atoms with Crippen molar-refractivity contribution in [3.05, 3.63) is 101 Å². The van der Waals surface area contributed by atoms with Crippen molar-refractivity contribution in [2.24, 2.45) is 0 Å². The summed E-state index contributed by atoms with van der Waals surface area (Å²) in [6.45, 7) is 7.06. The van der Waals surface area contributed by atoms with Gasteiger partial charge in [-0.25, -0.2) is 0 Å². The number of hydrogen-bond acceptors (Lipinski definition) is 2. The maximum atomic E-state index is 12.8. The van der Waals surface area contributed by atoms with Crippen molar-refractivity contribution < 1.29 is 4.79 Å². The van der Waals surface area contributed by atoms with Gasteiger partial charge in [0.1, 0.15) is 0 Å². The van der Waals surface area contributed by atoms with Crippen molar-refractivity contribution in [3.63, 3.8) is 0 Å². The van der Waals surface area contributed by atoms with E-state index in [4.69, 9.17) is 0 Å². The Morgan fingerprint density at radius 1 is 0.938 bits per heavy atom. The summed E-state index contributed by atoms with van der Waals surface area (Å²) in [5, 5.41) is 4.16. The van der Waals surface area contributed by atoms with Crippen molar-refractivity contribution in [2.75, 3.05) is 6.26 Å². The van der Waals surface area contributed by atoms with E-state index >= 15 is 0 Å². The summed E-state index contributed by atoms with van der Waals surface area (Å²) < 4.78 is 2.38. The number of carbonyl (C=O) groups is 1. The highest BCUT2D eigenvalue weighted by atomic mass is 32.2. The highest BCUT2D eigenvalue weighted by Crippen LogP contribution is 2.27. The summed E-state index contributed by atoms with van der Waals surface area (Å²) >= 11 is 1.72. The van der Waals surface area contributed by atoms with Gasteiger partial charge in [0.2, 0.25) is 0 Å². The molecule has 0 aliphatic rings. The van der Waals surface area contributed by atoms with E-state index in [0.29, 0.717) is 18.2 Å². The third kappa shape index (κ3) is 4.91. The van der Waals surface area contributed by atoms with Crippen LogP contribution < -0.4 is 5.32 Å². The number of aryl methyl sites for hydroxylation is 1. The molecule has 0 aliphatic heterocycles. The maximum Gasteiger partial charge on any atom is 0.251 e. The molecule has 1 aromatic heterocycles. The fraction of sp³-hybridized carbons (Fsp3) is 0.250. The third-order valence-corrected chi connectivity index (χ3v) is 6.56. The second kappa shape index (κ2) is 9.66. The van der Waals surface area contributed by atoms with Crippen LogP contribution in [0.25, 0.3) is 10.9 Å². The molecule has 4 rings (SSSR count). The van der Waals surface area contributed by atoms with Gasteiger partial charge in [-0.1, -0.05) is 42.0 Å². The lowest BCUT2D eigenvalue weighted by Crippen LogP contribution is -2.22. The molecule has 4 aromatic rings. The Labute approximate surface area is 194 Å². The van der Waals surface area contributed by atoms with E-state index in [1.54, 1.807) is 11.8 Å². The van der Waals surface area contributed by atoms with Gasteiger partial charge in [-0.3, -0.25) is 4.79 Å². The largest absolute Gasteiger partial charge is 0.348 e. The van der Waals surface area contributed by atoms with Gasteiger partial charge in [0.15, 0.2) is 0 Å². The maximum absolute atomic E-state index is 12.8. The smallest absolute Gasteiger partial charge is 0.251 e. The van der Waals surface area contributed by atoms with Crippen LogP contribution in [0.15, 0.2) is 77.7 Å². The second-order valence-corrected chi connectivity index (χ2v) is 9.45. The molecule has 3 nitrogen and oxygen atoms in total. The quantitative estimate of drug-likeness (QED) is 0.320.